The normalized spacial score (nSPS) is 18.5. The Hall–Kier alpha value is -2.23. The predicted octanol–water partition coefficient (Wildman–Crippen LogP) is 7.65. The Morgan fingerprint density at radius 3 is 2.31 bits per heavy atom. The van der Waals surface area contributed by atoms with Crippen LogP contribution >= 0.6 is 11.8 Å². The summed E-state index contributed by atoms with van der Waals surface area (Å²) < 4.78 is 13.9. The van der Waals surface area contributed by atoms with Gasteiger partial charge in [0.2, 0.25) is 0 Å². The van der Waals surface area contributed by atoms with Crippen molar-refractivity contribution in [2.45, 2.75) is 69.1 Å². The van der Waals surface area contributed by atoms with E-state index in [1.165, 1.54) is 63.0 Å². The van der Waals surface area contributed by atoms with Crippen LogP contribution in [0.2, 0.25) is 0 Å². The Morgan fingerprint density at radius 2 is 1.66 bits per heavy atom. The van der Waals surface area contributed by atoms with Gasteiger partial charge in [-0.15, -0.1) is 0 Å². The largest absolute Gasteiger partial charge is 0.206 e. The molecule has 0 bridgehead atoms. The standard InChI is InChI=1S/C26H28FNS/c1-2-3-4-5-20-8-13-23(14-9-20)24-15-10-21(11-16-24)6-7-22-12-17-26(29-19-28)25(27)18-22/h10-12,15-18,20,23H,2-5,8-9,13-14H2,1H3. The van der Waals surface area contributed by atoms with Gasteiger partial charge in [-0.2, -0.15) is 5.26 Å². The van der Waals surface area contributed by atoms with Crippen LogP contribution in [-0.4, -0.2) is 0 Å². The van der Waals surface area contributed by atoms with Crippen LogP contribution in [0.25, 0.3) is 0 Å². The topological polar surface area (TPSA) is 23.8 Å². The molecule has 2 aromatic carbocycles. The van der Waals surface area contributed by atoms with Gasteiger partial charge in [-0.25, -0.2) is 4.39 Å². The Bertz CT molecular complexity index is 893. The van der Waals surface area contributed by atoms with Crippen molar-refractivity contribution in [3.63, 3.8) is 0 Å². The second-order valence-corrected chi connectivity index (χ2v) is 8.75. The number of nitriles is 1. The van der Waals surface area contributed by atoms with Crippen LogP contribution in [-0.2, 0) is 0 Å². The second-order valence-electron chi connectivity index (χ2n) is 7.92. The van der Waals surface area contributed by atoms with Gasteiger partial charge in [0, 0.05) is 11.1 Å². The Labute approximate surface area is 178 Å². The number of rotatable bonds is 6. The molecule has 3 heteroatoms. The molecular weight excluding hydrogens is 377 g/mol. The lowest BCUT2D eigenvalue weighted by Crippen LogP contribution is -2.13. The van der Waals surface area contributed by atoms with Gasteiger partial charge in [-0.05, 0) is 85.2 Å². The third-order valence-corrected chi connectivity index (χ3v) is 6.53. The fraction of sp³-hybridized carbons (Fsp3) is 0.423. The number of nitrogens with zero attached hydrogens (tertiary/aromatic N) is 1. The van der Waals surface area contributed by atoms with Gasteiger partial charge < -0.3 is 0 Å². The van der Waals surface area contributed by atoms with Crippen molar-refractivity contribution in [1.29, 1.82) is 5.26 Å². The summed E-state index contributed by atoms with van der Waals surface area (Å²) in [5.41, 5.74) is 2.99. The lowest BCUT2D eigenvalue weighted by Gasteiger charge is -2.29. The van der Waals surface area contributed by atoms with Crippen LogP contribution in [0.4, 0.5) is 4.39 Å². The lowest BCUT2D eigenvalue weighted by atomic mass is 9.77. The first-order chi connectivity index (χ1) is 14.2. The molecular formula is C26H28FNS. The van der Waals surface area contributed by atoms with E-state index < -0.39 is 5.82 Å². The minimum Gasteiger partial charge on any atom is -0.206 e. The van der Waals surface area contributed by atoms with Gasteiger partial charge in [0.25, 0.3) is 0 Å². The van der Waals surface area contributed by atoms with Crippen molar-refractivity contribution in [3.8, 4) is 17.2 Å². The highest BCUT2D eigenvalue weighted by atomic mass is 32.2. The van der Waals surface area contributed by atoms with Gasteiger partial charge in [0.05, 0.1) is 4.90 Å². The molecule has 1 fully saturated rings. The molecule has 0 amide bonds. The van der Waals surface area contributed by atoms with Gasteiger partial charge >= 0.3 is 0 Å². The lowest BCUT2D eigenvalue weighted by molar-refractivity contribution is 0.303. The fourth-order valence-electron chi connectivity index (χ4n) is 4.16. The minimum atomic E-state index is -0.399. The molecule has 0 aliphatic heterocycles. The number of thioether (sulfide) groups is 1. The molecule has 0 atom stereocenters. The zero-order valence-electron chi connectivity index (χ0n) is 17.1. The molecule has 150 valence electrons. The third-order valence-electron chi connectivity index (χ3n) is 5.88. The number of thiocyanates is 1. The maximum atomic E-state index is 13.9. The van der Waals surface area contributed by atoms with Crippen LogP contribution in [0.15, 0.2) is 47.4 Å². The van der Waals surface area contributed by atoms with Crippen molar-refractivity contribution in [1.82, 2.24) is 0 Å². The summed E-state index contributed by atoms with van der Waals surface area (Å²) in [5, 5.41) is 10.5. The number of benzene rings is 2. The highest BCUT2D eigenvalue weighted by molar-refractivity contribution is 8.03. The van der Waals surface area contributed by atoms with Crippen LogP contribution in [0, 0.1) is 34.2 Å². The summed E-state index contributed by atoms with van der Waals surface area (Å²) in [5.74, 6) is 7.35. The number of hydrogen-bond acceptors (Lipinski definition) is 2. The summed E-state index contributed by atoms with van der Waals surface area (Å²) in [7, 11) is 0. The molecule has 0 spiro atoms. The molecule has 29 heavy (non-hydrogen) atoms. The molecule has 0 N–H and O–H groups in total. The average Bonchev–Trinajstić information content (AvgIpc) is 2.75. The van der Waals surface area contributed by atoms with Gasteiger partial charge in [0.1, 0.15) is 11.2 Å². The maximum absolute atomic E-state index is 13.9. The van der Waals surface area contributed by atoms with Crippen molar-refractivity contribution in [2.75, 3.05) is 0 Å². The first kappa shape index (κ1) is 21.5. The monoisotopic (exact) mass is 405 g/mol. The average molecular weight is 406 g/mol. The summed E-state index contributed by atoms with van der Waals surface area (Å²) in [6.45, 7) is 2.27. The molecule has 0 saturated heterocycles. The predicted molar refractivity (Wildman–Crippen MR) is 119 cm³/mol. The van der Waals surface area contributed by atoms with Crippen molar-refractivity contribution in [3.05, 3.63) is 65.0 Å². The summed E-state index contributed by atoms with van der Waals surface area (Å²) in [4.78, 5) is 0.336. The van der Waals surface area contributed by atoms with Crippen LogP contribution < -0.4 is 0 Å². The quantitative estimate of drug-likeness (QED) is 0.213. The number of unbranched alkanes of at least 4 members (excludes halogenated alkanes) is 2. The van der Waals surface area contributed by atoms with E-state index >= 15 is 0 Å². The van der Waals surface area contributed by atoms with Crippen LogP contribution in [0.1, 0.15) is 80.9 Å². The molecule has 3 rings (SSSR count). The molecule has 2 aromatic rings. The third kappa shape index (κ3) is 6.38. The van der Waals surface area contributed by atoms with Gasteiger partial charge in [-0.1, -0.05) is 56.6 Å². The Morgan fingerprint density at radius 1 is 0.966 bits per heavy atom. The molecule has 0 radical (unpaired) electrons. The molecule has 1 nitrogen and oxygen atoms in total. The van der Waals surface area contributed by atoms with E-state index in [2.05, 4.69) is 43.0 Å². The Balaban J connectivity index is 1.56. The highest BCUT2D eigenvalue weighted by Gasteiger charge is 2.21. The SMILES string of the molecule is CCCCCC1CCC(c2ccc(C#Cc3ccc(SC#N)c(F)c3)cc2)CC1. The van der Waals surface area contributed by atoms with E-state index in [-0.39, 0.29) is 0 Å². The van der Waals surface area contributed by atoms with E-state index in [1.54, 1.807) is 12.1 Å². The van der Waals surface area contributed by atoms with Crippen LogP contribution in [0.3, 0.4) is 0 Å². The number of halogens is 1. The van der Waals surface area contributed by atoms with E-state index in [0.29, 0.717) is 16.4 Å². The zero-order chi connectivity index (χ0) is 20.5. The van der Waals surface area contributed by atoms with E-state index in [4.69, 9.17) is 5.26 Å². The fourth-order valence-corrected chi connectivity index (χ4v) is 4.55. The van der Waals surface area contributed by atoms with Crippen molar-refractivity contribution in [2.24, 2.45) is 5.92 Å². The smallest absolute Gasteiger partial charge is 0.139 e. The van der Waals surface area contributed by atoms with Crippen LogP contribution in [0.5, 0.6) is 0 Å². The number of hydrogen-bond donors (Lipinski definition) is 0. The Kier molecular flexibility index (Phi) is 8.21. The van der Waals surface area contributed by atoms with E-state index in [9.17, 15) is 4.39 Å². The maximum Gasteiger partial charge on any atom is 0.139 e. The summed E-state index contributed by atoms with van der Waals surface area (Å²) >= 11 is 0.827. The van der Waals surface area contributed by atoms with Gasteiger partial charge in [0.15, 0.2) is 0 Å². The summed E-state index contributed by atoms with van der Waals surface area (Å²) in [6.07, 6.45) is 10.8. The van der Waals surface area contributed by atoms with E-state index in [0.717, 1.165) is 23.2 Å². The zero-order valence-corrected chi connectivity index (χ0v) is 17.9. The molecule has 1 aliphatic carbocycles. The first-order valence-corrected chi connectivity index (χ1v) is 11.5. The minimum absolute atomic E-state index is 0.336. The summed E-state index contributed by atoms with van der Waals surface area (Å²) in [6, 6.07) is 13.3. The molecule has 1 saturated carbocycles. The van der Waals surface area contributed by atoms with Gasteiger partial charge in [-0.3, -0.25) is 0 Å². The van der Waals surface area contributed by atoms with E-state index in [1.807, 2.05) is 5.40 Å². The first-order valence-electron chi connectivity index (χ1n) is 10.7. The molecule has 0 aromatic heterocycles. The molecule has 0 unspecified atom stereocenters. The molecule has 0 heterocycles. The molecule has 1 aliphatic rings. The van der Waals surface area contributed by atoms with Crippen molar-refractivity contribution < 1.29 is 4.39 Å². The highest BCUT2D eigenvalue weighted by Crippen LogP contribution is 2.37. The second kappa shape index (κ2) is 11.1. The van der Waals surface area contributed by atoms with Crippen molar-refractivity contribution >= 4 is 11.8 Å².